The van der Waals surface area contributed by atoms with Crippen LogP contribution in [0.5, 0.6) is 0 Å². The van der Waals surface area contributed by atoms with Gasteiger partial charge in [0.15, 0.2) is 5.13 Å². The van der Waals surface area contributed by atoms with Crippen LogP contribution in [0.1, 0.15) is 28.4 Å². The quantitative estimate of drug-likeness (QED) is 0.101. The maximum Gasteiger partial charge on any atom is 0.272 e. The van der Waals surface area contributed by atoms with Crippen LogP contribution >= 0.6 is 46.3 Å². The highest BCUT2D eigenvalue weighted by atomic mass is 35.5. The number of benzene rings is 4. The molecule has 3 amide bonds. The molecule has 5 rings (SSSR count). The van der Waals surface area contributed by atoms with E-state index in [1.807, 2.05) is 54.8 Å². The van der Waals surface area contributed by atoms with Crippen LogP contribution in [-0.2, 0) is 9.59 Å². The van der Waals surface area contributed by atoms with Crippen molar-refractivity contribution in [1.29, 1.82) is 0 Å². The predicted molar refractivity (Wildman–Crippen MR) is 190 cm³/mol. The molecule has 1 heterocycles. The smallest absolute Gasteiger partial charge is 0.272 e. The summed E-state index contributed by atoms with van der Waals surface area (Å²) in [5, 5.41) is 11.2. The van der Waals surface area contributed by atoms with Gasteiger partial charge < -0.3 is 16.0 Å². The van der Waals surface area contributed by atoms with Gasteiger partial charge in [0, 0.05) is 27.1 Å². The number of carbonyl (C=O) groups is 3. The van der Waals surface area contributed by atoms with E-state index in [4.69, 9.17) is 23.2 Å². The normalized spacial score (nSPS) is 11.9. The SMILES string of the molecule is Cc1cccc(/C=C(/NC(=O)c2ccccc2)C(=O)Nc2cccc(SC(C)C(=O)Nc3nc(-c4ccc(Cl)c(Cl)c4)cs3)c2)c1. The fourth-order valence-electron chi connectivity index (χ4n) is 4.30. The molecule has 0 fully saturated rings. The molecule has 0 radical (unpaired) electrons. The van der Waals surface area contributed by atoms with Crippen LogP contribution in [0.2, 0.25) is 10.0 Å². The van der Waals surface area contributed by atoms with Crippen LogP contribution in [0.25, 0.3) is 17.3 Å². The third-order valence-corrected chi connectivity index (χ3v) is 9.20. The summed E-state index contributed by atoms with van der Waals surface area (Å²) >= 11 is 14.8. The highest BCUT2D eigenvalue weighted by molar-refractivity contribution is 8.00. The fraction of sp³-hybridized carbons (Fsp3) is 0.0857. The zero-order valence-corrected chi connectivity index (χ0v) is 27.9. The van der Waals surface area contributed by atoms with Crippen molar-refractivity contribution in [3.63, 3.8) is 0 Å². The van der Waals surface area contributed by atoms with Crippen molar-refractivity contribution >= 4 is 80.9 Å². The van der Waals surface area contributed by atoms with Gasteiger partial charge in [-0.25, -0.2) is 4.98 Å². The molecule has 46 heavy (non-hydrogen) atoms. The maximum atomic E-state index is 13.5. The average Bonchev–Trinajstić information content (AvgIpc) is 3.51. The van der Waals surface area contributed by atoms with Crippen LogP contribution in [0, 0.1) is 6.92 Å². The Labute approximate surface area is 285 Å². The van der Waals surface area contributed by atoms with Gasteiger partial charge in [-0.05, 0) is 68.0 Å². The van der Waals surface area contributed by atoms with E-state index >= 15 is 0 Å². The Morgan fingerprint density at radius 3 is 2.41 bits per heavy atom. The summed E-state index contributed by atoms with van der Waals surface area (Å²) in [6.07, 6.45) is 1.64. The van der Waals surface area contributed by atoms with Crippen molar-refractivity contribution in [2.45, 2.75) is 24.0 Å². The van der Waals surface area contributed by atoms with Gasteiger partial charge in [-0.15, -0.1) is 23.1 Å². The lowest BCUT2D eigenvalue weighted by Gasteiger charge is -2.14. The molecule has 11 heteroatoms. The molecule has 0 spiro atoms. The van der Waals surface area contributed by atoms with Crippen LogP contribution < -0.4 is 16.0 Å². The number of aryl methyl sites for hydroxylation is 1. The Morgan fingerprint density at radius 1 is 0.870 bits per heavy atom. The van der Waals surface area contributed by atoms with Gasteiger partial charge in [-0.1, -0.05) is 83.4 Å². The lowest BCUT2D eigenvalue weighted by atomic mass is 10.1. The maximum absolute atomic E-state index is 13.5. The van der Waals surface area contributed by atoms with Gasteiger partial charge >= 0.3 is 0 Å². The topological polar surface area (TPSA) is 100 Å². The molecule has 3 N–H and O–H groups in total. The molecular formula is C35H28Cl2N4O3S2. The number of halogens is 2. The first kappa shape index (κ1) is 33.0. The fourth-order valence-corrected chi connectivity index (χ4v) is 6.25. The molecule has 232 valence electrons. The van der Waals surface area contributed by atoms with Gasteiger partial charge in [0.2, 0.25) is 5.91 Å². The summed E-state index contributed by atoms with van der Waals surface area (Å²) < 4.78 is 0. The van der Waals surface area contributed by atoms with Gasteiger partial charge in [0.25, 0.3) is 11.8 Å². The predicted octanol–water partition coefficient (Wildman–Crippen LogP) is 8.95. The largest absolute Gasteiger partial charge is 0.321 e. The Bertz CT molecular complexity index is 1930. The molecule has 1 atom stereocenters. The minimum Gasteiger partial charge on any atom is -0.321 e. The standard InChI is InChI=1S/C35H28Cl2N4O3S2/c1-21-8-6-9-23(16-21)17-30(39-33(43)24-10-4-3-5-11-24)34(44)38-26-12-7-13-27(19-26)46-22(2)32(42)41-35-40-31(20-45-35)25-14-15-28(36)29(37)18-25/h3-20,22H,1-2H3,(H,38,44)(H,39,43)(H,40,41,42)/b30-17+. The summed E-state index contributed by atoms with van der Waals surface area (Å²) in [6, 6.07) is 28.7. The van der Waals surface area contributed by atoms with Crippen molar-refractivity contribution in [2.24, 2.45) is 0 Å². The first-order valence-corrected chi connectivity index (χ1v) is 16.6. The summed E-state index contributed by atoms with van der Waals surface area (Å²) in [6.45, 7) is 3.75. The van der Waals surface area contributed by atoms with Crippen molar-refractivity contribution < 1.29 is 14.4 Å². The Morgan fingerprint density at radius 2 is 1.65 bits per heavy atom. The molecule has 0 saturated carbocycles. The van der Waals surface area contributed by atoms with E-state index in [1.165, 1.54) is 23.1 Å². The van der Waals surface area contributed by atoms with Crippen LogP contribution in [0.3, 0.4) is 0 Å². The van der Waals surface area contributed by atoms with E-state index in [2.05, 4.69) is 20.9 Å². The number of rotatable bonds is 10. The monoisotopic (exact) mass is 686 g/mol. The van der Waals surface area contributed by atoms with Crippen molar-refractivity contribution in [3.8, 4) is 11.3 Å². The second-order valence-corrected chi connectivity index (χ2v) is 13.3. The number of hydrogen-bond donors (Lipinski definition) is 3. The Hall–Kier alpha value is -4.41. The third-order valence-electron chi connectivity index (χ3n) is 6.61. The zero-order valence-electron chi connectivity index (χ0n) is 24.7. The number of thiazole rings is 1. The highest BCUT2D eigenvalue weighted by Crippen LogP contribution is 2.31. The van der Waals surface area contributed by atoms with Gasteiger partial charge in [-0.2, -0.15) is 0 Å². The molecule has 7 nitrogen and oxygen atoms in total. The van der Waals surface area contributed by atoms with E-state index < -0.39 is 17.1 Å². The van der Waals surface area contributed by atoms with E-state index in [-0.39, 0.29) is 11.6 Å². The molecular weight excluding hydrogens is 659 g/mol. The summed E-state index contributed by atoms with van der Waals surface area (Å²) in [7, 11) is 0. The number of carbonyl (C=O) groups excluding carboxylic acids is 3. The molecule has 0 bridgehead atoms. The molecule has 0 saturated heterocycles. The minimum atomic E-state index is -0.486. The van der Waals surface area contributed by atoms with E-state index in [0.717, 1.165) is 21.6 Å². The Balaban J connectivity index is 1.25. The van der Waals surface area contributed by atoms with Crippen molar-refractivity contribution in [2.75, 3.05) is 10.6 Å². The summed E-state index contributed by atoms with van der Waals surface area (Å²) in [4.78, 5) is 44.7. The Kier molecular flexibility index (Phi) is 10.9. The molecule has 5 aromatic rings. The first-order valence-electron chi connectivity index (χ1n) is 14.1. The number of amides is 3. The second kappa shape index (κ2) is 15.2. The minimum absolute atomic E-state index is 0.0916. The number of aromatic nitrogens is 1. The van der Waals surface area contributed by atoms with E-state index in [1.54, 1.807) is 67.6 Å². The number of nitrogens with one attached hydrogen (secondary N) is 3. The number of thioether (sulfide) groups is 1. The summed E-state index contributed by atoms with van der Waals surface area (Å²) in [5.41, 5.74) is 4.30. The van der Waals surface area contributed by atoms with Crippen LogP contribution in [0.15, 0.2) is 113 Å². The van der Waals surface area contributed by atoms with Crippen LogP contribution in [0.4, 0.5) is 10.8 Å². The average molecular weight is 688 g/mol. The van der Waals surface area contributed by atoms with Crippen molar-refractivity contribution in [1.82, 2.24) is 10.3 Å². The number of anilines is 2. The zero-order chi connectivity index (χ0) is 32.6. The third kappa shape index (κ3) is 8.86. The lowest BCUT2D eigenvalue weighted by molar-refractivity contribution is -0.115. The van der Waals surface area contributed by atoms with Gasteiger partial charge in [-0.3, -0.25) is 14.4 Å². The molecule has 0 aliphatic carbocycles. The highest BCUT2D eigenvalue weighted by Gasteiger charge is 2.19. The second-order valence-electron chi connectivity index (χ2n) is 10.2. The van der Waals surface area contributed by atoms with Gasteiger partial charge in [0.1, 0.15) is 5.70 Å². The molecule has 4 aromatic carbocycles. The van der Waals surface area contributed by atoms with Crippen molar-refractivity contribution in [3.05, 3.63) is 135 Å². The van der Waals surface area contributed by atoms with Gasteiger partial charge in [0.05, 0.1) is 21.0 Å². The molecule has 0 aliphatic rings. The first-order chi connectivity index (χ1) is 22.1. The number of hydrogen-bond acceptors (Lipinski definition) is 6. The molecule has 1 unspecified atom stereocenters. The molecule has 1 aromatic heterocycles. The van der Waals surface area contributed by atoms with E-state index in [0.29, 0.717) is 32.1 Å². The summed E-state index contributed by atoms with van der Waals surface area (Å²) in [5.74, 6) is -1.11. The molecule has 0 aliphatic heterocycles. The van der Waals surface area contributed by atoms with Crippen LogP contribution in [-0.4, -0.2) is 28.0 Å². The lowest BCUT2D eigenvalue weighted by Crippen LogP contribution is -2.30. The van der Waals surface area contributed by atoms with E-state index in [9.17, 15) is 14.4 Å². The number of nitrogens with zero attached hydrogens (tertiary/aromatic N) is 1.